The Bertz CT molecular complexity index is 581. The van der Waals surface area contributed by atoms with Crippen LogP contribution in [0.5, 0.6) is 0 Å². The Balaban J connectivity index is 2.07. The van der Waals surface area contributed by atoms with E-state index in [1.54, 1.807) is 6.07 Å². The summed E-state index contributed by atoms with van der Waals surface area (Å²) in [6, 6.07) is 4.48. The van der Waals surface area contributed by atoms with E-state index < -0.39 is 4.92 Å². The molecule has 3 N–H and O–H groups in total. The molecule has 2 rings (SSSR count). The first kappa shape index (κ1) is 13.3. The Morgan fingerprint density at radius 3 is 3.05 bits per heavy atom. The van der Waals surface area contributed by atoms with Crippen molar-refractivity contribution in [2.45, 2.75) is 25.9 Å². The van der Waals surface area contributed by atoms with E-state index in [0.717, 1.165) is 0 Å². The number of fused-ring (bicyclic) bond motifs is 1. The van der Waals surface area contributed by atoms with Crippen molar-refractivity contribution in [3.8, 4) is 0 Å². The summed E-state index contributed by atoms with van der Waals surface area (Å²) in [7, 11) is 0. The van der Waals surface area contributed by atoms with Gasteiger partial charge in [-0.3, -0.25) is 10.1 Å². The predicted octanol–water partition coefficient (Wildman–Crippen LogP) is 2.04. The summed E-state index contributed by atoms with van der Waals surface area (Å²) < 4.78 is 0. The third kappa shape index (κ3) is 3.19. The van der Waals surface area contributed by atoms with Gasteiger partial charge in [0, 0.05) is 18.7 Å². The molecular weight excluding hydrogens is 248 g/mol. The van der Waals surface area contributed by atoms with Crippen LogP contribution in [0.4, 0.5) is 11.6 Å². The lowest BCUT2D eigenvalue weighted by Gasteiger charge is -2.07. The minimum absolute atomic E-state index is 0.0316. The van der Waals surface area contributed by atoms with Crippen LogP contribution in [-0.4, -0.2) is 32.6 Å². The summed E-state index contributed by atoms with van der Waals surface area (Å²) in [6.45, 7) is 2.52. The number of hydrogen-bond acceptors (Lipinski definition) is 5. The molecule has 0 aliphatic heterocycles. The molecule has 1 heterocycles. The number of nitrogens with one attached hydrogen (secondary N) is 2. The first-order valence-corrected chi connectivity index (χ1v) is 6.16. The van der Waals surface area contributed by atoms with Gasteiger partial charge >= 0.3 is 0 Å². The Morgan fingerprint density at radius 1 is 1.58 bits per heavy atom. The molecule has 0 saturated carbocycles. The average molecular weight is 264 g/mol. The van der Waals surface area contributed by atoms with Crippen LogP contribution in [-0.2, 0) is 0 Å². The molecule has 0 saturated heterocycles. The van der Waals surface area contributed by atoms with Crippen molar-refractivity contribution < 1.29 is 10.0 Å². The Kier molecular flexibility index (Phi) is 3.96. The number of aromatic amines is 1. The fourth-order valence-electron chi connectivity index (χ4n) is 1.76. The molecule has 0 aliphatic carbocycles. The van der Waals surface area contributed by atoms with Crippen molar-refractivity contribution in [1.82, 2.24) is 9.97 Å². The zero-order valence-electron chi connectivity index (χ0n) is 10.6. The van der Waals surface area contributed by atoms with Crippen LogP contribution < -0.4 is 5.32 Å². The topological polar surface area (TPSA) is 104 Å². The molecule has 102 valence electrons. The summed E-state index contributed by atoms with van der Waals surface area (Å²) in [5.74, 6) is 0.554. The van der Waals surface area contributed by atoms with Crippen molar-refractivity contribution in [3.63, 3.8) is 0 Å². The van der Waals surface area contributed by atoms with Crippen LogP contribution in [0.3, 0.4) is 0 Å². The molecule has 1 unspecified atom stereocenters. The number of aliphatic hydroxyl groups excluding tert-OH is 1. The number of rotatable bonds is 6. The van der Waals surface area contributed by atoms with Crippen LogP contribution in [0, 0.1) is 10.1 Å². The predicted molar refractivity (Wildman–Crippen MR) is 72.2 cm³/mol. The molecule has 19 heavy (non-hydrogen) atoms. The molecule has 0 fully saturated rings. The number of benzene rings is 1. The smallest absolute Gasteiger partial charge is 0.271 e. The van der Waals surface area contributed by atoms with E-state index in [4.69, 9.17) is 0 Å². The van der Waals surface area contributed by atoms with Gasteiger partial charge in [-0.25, -0.2) is 4.98 Å². The van der Waals surface area contributed by atoms with Gasteiger partial charge in [0.1, 0.15) is 0 Å². The Morgan fingerprint density at radius 2 is 2.37 bits per heavy atom. The van der Waals surface area contributed by atoms with Crippen LogP contribution in [0.1, 0.15) is 19.8 Å². The van der Waals surface area contributed by atoms with Crippen LogP contribution in [0.25, 0.3) is 11.0 Å². The summed E-state index contributed by atoms with van der Waals surface area (Å²) in [4.78, 5) is 17.5. The molecule has 7 nitrogen and oxygen atoms in total. The lowest BCUT2D eigenvalue weighted by Crippen LogP contribution is -2.12. The van der Waals surface area contributed by atoms with E-state index in [2.05, 4.69) is 15.3 Å². The molecule has 1 atom stereocenters. The zero-order valence-corrected chi connectivity index (χ0v) is 10.6. The molecule has 2 aromatic rings. The van der Waals surface area contributed by atoms with Crippen molar-refractivity contribution in [1.29, 1.82) is 0 Å². The molecule has 7 heteroatoms. The van der Waals surface area contributed by atoms with Gasteiger partial charge in [-0.15, -0.1) is 0 Å². The van der Waals surface area contributed by atoms with Crippen molar-refractivity contribution >= 4 is 22.7 Å². The normalized spacial score (nSPS) is 12.5. The highest BCUT2D eigenvalue weighted by molar-refractivity contribution is 5.79. The monoisotopic (exact) mass is 264 g/mol. The molecule has 0 amide bonds. The summed E-state index contributed by atoms with van der Waals surface area (Å²) in [5.41, 5.74) is 1.32. The second-order valence-electron chi connectivity index (χ2n) is 4.32. The first-order chi connectivity index (χ1) is 9.10. The highest BCUT2D eigenvalue weighted by Gasteiger charge is 2.09. The SMILES string of the molecule is CCC(O)CCNc1nc2ccc([N+](=O)[O-])cc2[nH]1. The van der Waals surface area contributed by atoms with Gasteiger partial charge in [0.15, 0.2) is 0 Å². The number of aromatic nitrogens is 2. The quantitative estimate of drug-likeness (QED) is 0.547. The number of aliphatic hydroxyl groups is 1. The standard InChI is InChI=1S/C12H16N4O3/c1-2-9(17)5-6-13-12-14-10-4-3-8(16(18)19)7-11(10)15-12/h3-4,7,9,17H,2,5-6H2,1H3,(H2,13,14,15). The number of H-pyrrole nitrogens is 1. The lowest BCUT2D eigenvalue weighted by molar-refractivity contribution is -0.384. The van der Waals surface area contributed by atoms with E-state index in [-0.39, 0.29) is 11.8 Å². The van der Waals surface area contributed by atoms with Gasteiger partial charge in [-0.2, -0.15) is 0 Å². The number of nitrogens with zero attached hydrogens (tertiary/aromatic N) is 2. The number of non-ortho nitro benzene ring substituents is 1. The maximum absolute atomic E-state index is 10.7. The van der Waals surface area contributed by atoms with Gasteiger partial charge < -0.3 is 15.4 Å². The molecule has 0 aliphatic rings. The third-order valence-electron chi connectivity index (χ3n) is 2.92. The van der Waals surface area contributed by atoms with E-state index >= 15 is 0 Å². The second-order valence-corrected chi connectivity index (χ2v) is 4.32. The molecular formula is C12H16N4O3. The molecule has 0 radical (unpaired) electrons. The van der Waals surface area contributed by atoms with Gasteiger partial charge in [0.2, 0.25) is 5.95 Å². The fraction of sp³-hybridized carbons (Fsp3) is 0.417. The number of imidazole rings is 1. The molecule has 0 spiro atoms. The minimum Gasteiger partial charge on any atom is -0.393 e. The van der Waals surface area contributed by atoms with E-state index in [1.807, 2.05) is 6.92 Å². The second kappa shape index (κ2) is 5.66. The average Bonchev–Trinajstić information content (AvgIpc) is 2.79. The van der Waals surface area contributed by atoms with E-state index in [1.165, 1.54) is 12.1 Å². The van der Waals surface area contributed by atoms with Gasteiger partial charge in [-0.1, -0.05) is 6.92 Å². The highest BCUT2D eigenvalue weighted by Crippen LogP contribution is 2.20. The lowest BCUT2D eigenvalue weighted by atomic mass is 10.2. The van der Waals surface area contributed by atoms with Crippen LogP contribution >= 0.6 is 0 Å². The Hall–Kier alpha value is -2.15. The third-order valence-corrected chi connectivity index (χ3v) is 2.92. The molecule has 1 aromatic carbocycles. The first-order valence-electron chi connectivity index (χ1n) is 6.16. The van der Waals surface area contributed by atoms with Crippen molar-refractivity contribution in [3.05, 3.63) is 28.3 Å². The molecule has 1 aromatic heterocycles. The number of hydrogen-bond donors (Lipinski definition) is 3. The summed E-state index contributed by atoms with van der Waals surface area (Å²) in [6.07, 6.45) is 1.03. The maximum Gasteiger partial charge on any atom is 0.271 e. The van der Waals surface area contributed by atoms with Crippen LogP contribution in [0.15, 0.2) is 18.2 Å². The minimum atomic E-state index is -0.439. The zero-order chi connectivity index (χ0) is 13.8. The van der Waals surface area contributed by atoms with Gasteiger partial charge in [0.05, 0.1) is 22.1 Å². The van der Waals surface area contributed by atoms with Gasteiger partial charge in [-0.05, 0) is 18.9 Å². The summed E-state index contributed by atoms with van der Waals surface area (Å²) in [5, 5.41) is 23.1. The maximum atomic E-state index is 10.7. The van der Waals surface area contributed by atoms with Gasteiger partial charge in [0.25, 0.3) is 5.69 Å². The highest BCUT2D eigenvalue weighted by atomic mass is 16.6. The number of anilines is 1. The van der Waals surface area contributed by atoms with Crippen molar-refractivity contribution in [2.24, 2.45) is 0 Å². The van der Waals surface area contributed by atoms with E-state index in [0.29, 0.717) is 36.4 Å². The largest absolute Gasteiger partial charge is 0.393 e. The Labute approximate surface area is 109 Å². The van der Waals surface area contributed by atoms with Crippen molar-refractivity contribution in [2.75, 3.05) is 11.9 Å². The molecule has 0 bridgehead atoms. The number of nitro benzene ring substituents is 1. The fourth-order valence-corrected chi connectivity index (χ4v) is 1.76. The number of nitro groups is 1. The van der Waals surface area contributed by atoms with E-state index in [9.17, 15) is 15.2 Å². The summed E-state index contributed by atoms with van der Waals surface area (Å²) >= 11 is 0. The van der Waals surface area contributed by atoms with Crippen LogP contribution in [0.2, 0.25) is 0 Å².